The molecule has 24 heavy (non-hydrogen) atoms. The van der Waals surface area contributed by atoms with Gasteiger partial charge in [0.25, 0.3) is 0 Å². The van der Waals surface area contributed by atoms with Gasteiger partial charge in [-0.3, -0.25) is 9.59 Å². The van der Waals surface area contributed by atoms with Crippen LogP contribution in [-0.4, -0.2) is 36.5 Å². The van der Waals surface area contributed by atoms with Gasteiger partial charge in [-0.15, -0.1) is 0 Å². The van der Waals surface area contributed by atoms with E-state index in [9.17, 15) is 19.5 Å². The largest absolute Gasteiger partial charge is 0.507 e. The smallest absolute Gasteiger partial charge is 0.341 e. The zero-order valence-electron chi connectivity index (χ0n) is 14.2. The second kappa shape index (κ2) is 9.54. The highest BCUT2D eigenvalue weighted by atomic mass is 16.5. The van der Waals surface area contributed by atoms with Gasteiger partial charge in [-0.25, -0.2) is 4.79 Å². The lowest BCUT2D eigenvalue weighted by molar-refractivity contribution is -0.120. The summed E-state index contributed by atoms with van der Waals surface area (Å²) in [7, 11) is 1.23. The zero-order valence-corrected chi connectivity index (χ0v) is 14.2. The van der Waals surface area contributed by atoms with E-state index in [4.69, 9.17) is 0 Å². The van der Waals surface area contributed by atoms with Crippen molar-refractivity contribution in [3.63, 3.8) is 0 Å². The number of carbonyl (C=O) groups is 3. The topological polar surface area (TPSA) is 105 Å². The van der Waals surface area contributed by atoms with Crippen molar-refractivity contribution in [1.82, 2.24) is 5.32 Å². The Kier molecular flexibility index (Phi) is 7.74. The second-order valence-electron chi connectivity index (χ2n) is 5.59. The quantitative estimate of drug-likeness (QED) is 0.498. The highest BCUT2D eigenvalue weighted by molar-refractivity contribution is 5.95. The monoisotopic (exact) mass is 336 g/mol. The number of hydrogen-bond acceptors (Lipinski definition) is 5. The molecule has 7 nitrogen and oxygen atoms in total. The molecule has 0 aliphatic carbocycles. The molecule has 7 heteroatoms. The van der Waals surface area contributed by atoms with Crippen LogP contribution >= 0.6 is 0 Å². The molecule has 0 spiro atoms. The zero-order chi connectivity index (χ0) is 18.1. The third kappa shape index (κ3) is 6.28. The van der Waals surface area contributed by atoms with Crippen molar-refractivity contribution in [3.8, 4) is 5.75 Å². The summed E-state index contributed by atoms with van der Waals surface area (Å²) in [5.41, 5.74) is 0.455. The van der Waals surface area contributed by atoms with Crippen LogP contribution in [0, 0.1) is 5.92 Å². The SMILES string of the molecule is COC(=O)c1ccc(NC(=O)[C@@H](C)CCCCNC(C)=O)cc1O. The van der Waals surface area contributed by atoms with Gasteiger partial charge >= 0.3 is 5.97 Å². The average molecular weight is 336 g/mol. The molecule has 0 bridgehead atoms. The summed E-state index contributed by atoms with van der Waals surface area (Å²) in [6.07, 6.45) is 2.32. The minimum absolute atomic E-state index is 0.0431. The first-order chi connectivity index (χ1) is 11.3. The number of methoxy groups -OCH3 is 1. The number of hydrogen-bond donors (Lipinski definition) is 3. The molecule has 0 unspecified atom stereocenters. The van der Waals surface area contributed by atoms with Gasteiger partial charge in [-0.05, 0) is 25.0 Å². The summed E-state index contributed by atoms with van der Waals surface area (Å²) in [6, 6.07) is 4.25. The van der Waals surface area contributed by atoms with E-state index in [1.807, 2.05) is 6.92 Å². The van der Waals surface area contributed by atoms with Gasteiger partial charge < -0.3 is 20.5 Å². The number of anilines is 1. The molecule has 1 rings (SSSR count). The number of amides is 2. The number of phenols is 1. The minimum atomic E-state index is -0.641. The number of aromatic hydroxyl groups is 1. The van der Waals surface area contributed by atoms with E-state index < -0.39 is 5.97 Å². The average Bonchev–Trinajstić information content (AvgIpc) is 2.53. The van der Waals surface area contributed by atoms with Gasteiger partial charge in [-0.1, -0.05) is 13.3 Å². The molecular weight excluding hydrogens is 312 g/mol. The van der Waals surface area contributed by atoms with Crippen molar-refractivity contribution in [1.29, 1.82) is 0 Å². The molecule has 2 amide bonds. The summed E-state index contributed by atoms with van der Waals surface area (Å²) < 4.78 is 4.54. The molecule has 0 fully saturated rings. The number of esters is 1. The van der Waals surface area contributed by atoms with E-state index in [0.717, 1.165) is 12.8 Å². The highest BCUT2D eigenvalue weighted by Gasteiger charge is 2.15. The van der Waals surface area contributed by atoms with Crippen molar-refractivity contribution in [2.75, 3.05) is 19.0 Å². The molecular formula is C17H24N2O5. The van der Waals surface area contributed by atoms with E-state index in [1.54, 1.807) is 0 Å². The van der Waals surface area contributed by atoms with Gasteiger partial charge in [-0.2, -0.15) is 0 Å². The number of unbranched alkanes of at least 4 members (excludes halogenated alkanes) is 1. The maximum Gasteiger partial charge on any atom is 0.341 e. The van der Waals surface area contributed by atoms with Crippen LogP contribution in [0.5, 0.6) is 5.75 Å². The predicted octanol–water partition coefficient (Wildman–Crippen LogP) is 2.06. The molecule has 0 heterocycles. The first kappa shape index (κ1) is 19.5. The van der Waals surface area contributed by atoms with Crippen LogP contribution in [-0.2, 0) is 14.3 Å². The summed E-state index contributed by atoms with van der Waals surface area (Å²) in [4.78, 5) is 34.3. The molecule has 0 saturated heterocycles. The summed E-state index contributed by atoms with van der Waals surface area (Å²) in [5, 5.41) is 15.2. The molecule has 0 aliphatic rings. The van der Waals surface area contributed by atoms with Crippen molar-refractivity contribution in [2.45, 2.75) is 33.1 Å². The fourth-order valence-electron chi connectivity index (χ4n) is 2.13. The first-order valence-corrected chi connectivity index (χ1v) is 7.81. The number of nitrogens with one attached hydrogen (secondary N) is 2. The van der Waals surface area contributed by atoms with Crippen LogP contribution in [0.25, 0.3) is 0 Å². The van der Waals surface area contributed by atoms with Crippen LogP contribution in [0.2, 0.25) is 0 Å². The van der Waals surface area contributed by atoms with Gasteiger partial charge in [0.1, 0.15) is 11.3 Å². The molecule has 0 saturated carbocycles. The van der Waals surface area contributed by atoms with Crippen LogP contribution < -0.4 is 10.6 Å². The summed E-state index contributed by atoms with van der Waals surface area (Å²) in [6.45, 7) is 3.89. The molecule has 0 radical (unpaired) electrons. The predicted molar refractivity (Wildman–Crippen MR) is 89.8 cm³/mol. The number of phenolic OH excluding ortho intramolecular Hbond substituents is 1. The second-order valence-corrected chi connectivity index (χ2v) is 5.59. The van der Waals surface area contributed by atoms with Gasteiger partial charge in [0, 0.05) is 31.1 Å². The van der Waals surface area contributed by atoms with E-state index in [0.29, 0.717) is 18.7 Å². The van der Waals surface area contributed by atoms with E-state index in [2.05, 4.69) is 15.4 Å². The van der Waals surface area contributed by atoms with Gasteiger partial charge in [0.05, 0.1) is 7.11 Å². The molecule has 132 valence electrons. The van der Waals surface area contributed by atoms with E-state index in [1.165, 1.54) is 32.2 Å². The lowest BCUT2D eigenvalue weighted by Gasteiger charge is -2.13. The van der Waals surface area contributed by atoms with Crippen molar-refractivity contribution in [3.05, 3.63) is 23.8 Å². The Labute approximate surface area is 141 Å². The summed E-state index contributed by atoms with van der Waals surface area (Å²) >= 11 is 0. The van der Waals surface area contributed by atoms with Gasteiger partial charge in [0.2, 0.25) is 11.8 Å². The maximum atomic E-state index is 12.1. The Morgan fingerprint density at radius 3 is 2.54 bits per heavy atom. The van der Waals surface area contributed by atoms with Crippen molar-refractivity contribution in [2.24, 2.45) is 5.92 Å². The van der Waals surface area contributed by atoms with Crippen LogP contribution in [0.1, 0.15) is 43.5 Å². The van der Waals surface area contributed by atoms with Crippen molar-refractivity contribution >= 4 is 23.5 Å². The Bertz CT molecular complexity index is 601. The van der Waals surface area contributed by atoms with Crippen LogP contribution in [0.15, 0.2) is 18.2 Å². The molecule has 0 aromatic heterocycles. The van der Waals surface area contributed by atoms with Crippen LogP contribution in [0.4, 0.5) is 5.69 Å². The molecule has 1 atom stereocenters. The Hall–Kier alpha value is -2.57. The van der Waals surface area contributed by atoms with Gasteiger partial charge in [0.15, 0.2) is 0 Å². The number of benzene rings is 1. The normalized spacial score (nSPS) is 11.5. The Morgan fingerprint density at radius 1 is 1.25 bits per heavy atom. The Morgan fingerprint density at radius 2 is 1.96 bits per heavy atom. The van der Waals surface area contributed by atoms with Crippen molar-refractivity contribution < 1.29 is 24.2 Å². The number of rotatable bonds is 8. The van der Waals surface area contributed by atoms with E-state index >= 15 is 0 Å². The molecule has 3 N–H and O–H groups in total. The first-order valence-electron chi connectivity index (χ1n) is 7.81. The molecule has 1 aromatic carbocycles. The van der Waals surface area contributed by atoms with Crippen LogP contribution in [0.3, 0.4) is 0 Å². The highest BCUT2D eigenvalue weighted by Crippen LogP contribution is 2.23. The molecule has 0 aliphatic heterocycles. The third-order valence-corrected chi connectivity index (χ3v) is 3.56. The standard InChI is InChI=1S/C17H24N2O5/c1-11(6-4-5-9-18-12(2)20)16(22)19-13-7-8-14(15(21)10-13)17(23)24-3/h7-8,10-11,21H,4-6,9H2,1-3H3,(H,18,20)(H,19,22)/t11-/m0/s1. The fourth-order valence-corrected chi connectivity index (χ4v) is 2.13. The van der Waals surface area contributed by atoms with E-state index in [-0.39, 0.29) is 29.0 Å². The third-order valence-electron chi connectivity index (χ3n) is 3.56. The fraction of sp³-hybridized carbons (Fsp3) is 0.471. The Balaban J connectivity index is 2.47. The maximum absolute atomic E-state index is 12.1. The number of ether oxygens (including phenoxy) is 1. The minimum Gasteiger partial charge on any atom is -0.507 e. The lowest BCUT2D eigenvalue weighted by atomic mass is 10.0. The number of carbonyl (C=O) groups excluding carboxylic acids is 3. The lowest BCUT2D eigenvalue weighted by Crippen LogP contribution is -2.22. The molecule has 1 aromatic rings. The summed E-state index contributed by atoms with van der Waals surface area (Å²) in [5.74, 6) is -1.32.